The van der Waals surface area contributed by atoms with Crippen molar-refractivity contribution in [1.29, 1.82) is 0 Å². The number of hydrogen-bond donors (Lipinski definition) is 1. The Labute approximate surface area is 198 Å². The molecule has 1 aliphatic rings. The van der Waals surface area contributed by atoms with E-state index in [1.807, 2.05) is 12.1 Å². The Morgan fingerprint density at radius 3 is 2.67 bits per heavy atom. The normalized spacial score (nSPS) is 14.5. The van der Waals surface area contributed by atoms with E-state index in [1.165, 1.54) is 13.3 Å². The van der Waals surface area contributed by atoms with Crippen LogP contribution in [0.15, 0.2) is 76.3 Å². The molecule has 0 aromatic heterocycles. The number of nitrogens with zero attached hydrogens (tertiary/aromatic N) is 1. The van der Waals surface area contributed by atoms with Crippen molar-refractivity contribution in [1.82, 2.24) is 5.43 Å². The Kier molecular flexibility index (Phi) is 6.89. The maximum absolute atomic E-state index is 12.4. The average molecular weight is 511 g/mol. The van der Waals surface area contributed by atoms with Crippen LogP contribution in [0, 0.1) is 0 Å². The average Bonchev–Trinajstić information content (AvgIpc) is 2.84. The van der Waals surface area contributed by atoms with Crippen molar-refractivity contribution in [3.8, 4) is 23.0 Å². The van der Waals surface area contributed by atoms with Crippen LogP contribution < -0.4 is 24.4 Å². The van der Waals surface area contributed by atoms with E-state index in [1.54, 1.807) is 54.6 Å². The molecule has 1 aliphatic heterocycles. The zero-order valence-corrected chi connectivity index (χ0v) is 19.1. The fraction of sp³-hybridized carbons (Fsp3) is 0.125. The van der Waals surface area contributed by atoms with Gasteiger partial charge in [-0.05, 0) is 54.1 Å². The molecule has 1 heterocycles. The predicted octanol–water partition coefficient (Wildman–Crippen LogP) is 3.97. The summed E-state index contributed by atoms with van der Waals surface area (Å²) < 4.78 is 22.7. The van der Waals surface area contributed by atoms with E-state index in [9.17, 15) is 9.59 Å². The van der Waals surface area contributed by atoms with Crippen LogP contribution in [0.25, 0.3) is 0 Å². The fourth-order valence-electron chi connectivity index (χ4n) is 3.01. The van der Waals surface area contributed by atoms with Crippen LogP contribution in [0.4, 0.5) is 0 Å². The van der Waals surface area contributed by atoms with Crippen LogP contribution in [-0.2, 0) is 4.79 Å². The number of ether oxygens (including phenoxy) is 4. The monoisotopic (exact) mass is 510 g/mol. The standard InChI is InChI=1S/C24H19BrN2O6/c1-30-21-11-15(9-10-20(21)33-24(29)16-5-4-6-17(25)12-16)13-26-27-23(28)22-14-31-18-7-2-3-8-19(18)32-22/h2-13,22H,14H2,1H3,(H,27,28)/b26-13-/t22-/m1/s1. The minimum Gasteiger partial charge on any atom is -0.493 e. The van der Waals surface area contributed by atoms with E-state index in [0.29, 0.717) is 28.4 Å². The number of fused-ring (bicyclic) bond motifs is 1. The molecule has 0 bridgehead atoms. The highest BCUT2D eigenvalue weighted by molar-refractivity contribution is 9.10. The summed E-state index contributed by atoms with van der Waals surface area (Å²) in [6.07, 6.45) is 0.629. The maximum atomic E-state index is 12.4. The highest BCUT2D eigenvalue weighted by Crippen LogP contribution is 2.31. The Hall–Kier alpha value is -3.85. The summed E-state index contributed by atoms with van der Waals surface area (Å²) in [5.74, 6) is 0.750. The first-order chi connectivity index (χ1) is 16.0. The number of benzene rings is 3. The summed E-state index contributed by atoms with van der Waals surface area (Å²) in [5, 5.41) is 3.97. The lowest BCUT2D eigenvalue weighted by atomic mass is 10.2. The lowest BCUT2D eigenvalue weighted by Gasteiger charge is -2.24. The summed E-state index contributed by atoms with van der Waals surface area (Å²) >= 11 is 3.33. The van der Waals surface area contributed by atoms with Gasteiger partial charge in [-0.2, -0.15) is 5.10 Å². The van der Waals surface area contributed by atoms with Gasteiger partial charge >= 0.3 is 5.97 Å². The highest BCUT2D eigenvalue weighted by Gasteiger charge is 2.27. The molecule has 1 N–H and O–H groups in total. The number of nitrogens with one attached hydrogen (secondary N) is 1. The van der Waals surface area contributed by atoms with Crippen LogP contribution in [0.5, 0.6) is 23.0 Å². The largest absolute Gasteiger partial charge is 0.493 e. The number of halogens is 1. The maximum Gasteiger partial charge on any atom is 0.343 e. The van der Waals surface area contributed by atoms with E-state index < -0.39 is 18.0 Å². The molecule has 0 fully saturated rings. The Morgan fingerprint density at radius 2 is 1.88 bits per heavy atom. The van der Waals surface area contributed by atoms with Gasteiger partial charge in [0.25, 0.3) is 5.91 Å². The van der Waals surface area contributed by atoms with Crippen molar-refractivity contribution >= 4 is 34.0 Å². The molecule has 1 atom stereocenters. The van der Waals surface area contributed by atoms with Gasteiger partial charge in [0.2, 0.25) is 6.10 Å². The molecule has 0 saturated carbocycles. The third kappa shape index (κ3) is 5.50. The lowest BCUT2D eigenvalue weighted by molar-refractivity contribution is -0.130. The van der Waals surface area contributed by atoms with E-state index in [-0.39, 0.29) is 12.4 Å². The van der Waals surface area contributed by atoms with Crippen LogP contribution >= 0.6 is 15.9 Å². The van der Waals surface area contributed by atoms with Gasteiger partial charge in [-0.25, -0.2) is 10.2 Å². The Bertz CT molecular complexity index is 1210. The number of esters is 1. The number of para-hydroxylation sites is 2. The number of carbonyl (C=O) groups is 2. The zero-order valence-electron chi connectivity index (χ0n) is 17.5. The van der Waals surface area contributed by atoms with E-state index >= 15 is 0 Å². The quantitative estimate of drug-likeness (QED) is 0.233. The second-order valence-corrected chi connectivity index (χ2v) is 7.82. The molecule has 0 spiro atoms. The number of hydrogen-bond acceptors (Lipinski definition) is 7. The van der Waals surface area contributed by atoms with Gasteiger partial charge in [0, 0.05) is 4.47 Å². The smallest absolute Gasteiger partial charge is 0.343 e. The highest BCUT2D eigenvalue weighted by atomic mass is 79.9. The molecular weight excluding hydrogens is 492 g/mol. The minimum absolute atomic E-state index is 0.0875. The molecule has 4 rings (SSSR count). The van der Waals surface area contributed by atoms with Gasteiger partial charge in [0.1, 0.15) is 6.61 Å². The zero-order chi connectivity index (χ0) is 23.2. The number of rotatable bonds is 6. The molecule has 0 radical (unpaired) electrons. The van der Waals surface area contributed by atoms with Crippen molar-refractivity contribution in [2.45, 2.75) is 6.10 Å². The number of carbonyl (C=O) groups excluding carboxylic acids is 2. The summed E-state index contributed by atoms with van der Waals surface area (Å²) in [4.78, 5) is 24.7. The summed E-state index contributed by atoms with van der Waals surface area (Å²) in [6.45, 7) is 0.0875. The minimum atomic E-state index is -0.814. The summed E-state index contributed by atoms with van der Waals surface area (Å²) in [7, 11) is 1.47. The fourth-order valence-corrected chi connectivity index (χ4v) is 3.41. The number of hydrazone groups is 1. The second kappa shape index (κ2) is 10.2. The van der Waals surface area contributed by atoms with Gasteiger partial charge < -0.3 is 18.9 Å². The molecule has 3 aromatic carbocycles. The van der Waals surface area contributed by atoms with Crippen LogP contribution in [0.3, 0.4) is 0 Å². The Balaban J connectivity index is 1.37. The molecule has 0 unspecified atom stereocenters. The number of methoxy groups -OCH3 is 1. The van der Waals surface area contributed by atoms with E-state index in [0.717, 1.165) is 4.47 Å². The Morgan fingerprint density at radius 1 is 1.06 bits per heavy atom. The third-order valence-corrected chi connectivity index (χ3v) is 5.13. The molecule has 3 aromatic rings. The molecule has 33 heavy (non-hydrogen) atoms. The van der Waals surface area contributed by atoms with Crippen molar-refractivity contribution < 1.29 is 28.5 Å². The first-order valence-electron chi connectivity index (χ1n) is 9.90. The van der Waals surface area contributed by atoms with Gasteiger partial charge in [-0.3, -0.25) is 4.79 Å². The number of amides is 1. The molecule has 0 saturated heterocycles. The van der Waals surface area contributed by atoms with Crippen LogP contribution in [0.2, 0.25) is 0 Å². The van der Waals surface area contributed by atoms with Gasteiger partial charge in [-0.15, -0.1) is 0 Å². The molecular formula is C24H19BrN2O6. The molecule has 1 amide bonds. The van der Waals surface area contributed by atoms with Gasteiger partial charge in [-0.1, -0.05) is 34.1 Å². The van der Waals surface area contributed by atoms with Crippen LogP contribution in [-0.4, -0.2) is 37.9 Å². The van der Waals surface area contributed by atoms with Crippen molar-refractivity contribution in [2.24, 2.45) is 5.10 Å². The van der Waals surface area contributed by atoms with Crippen molar-refractivity contribution in [3.63, 3.8) is 0 Å². The first-order valence-corrected chi connectivity index (χ1v) is 10.7. The van der Waals surface area contributed by atoms with Crippen molar-refractivity contribution in [2.75, 3.05) is 13.7 Å². The van der Waals surface area contributed by atoms with Crippen molar-refractivity contribution in [3.05, 3.63) is 82.3 Å². The molecule has 9 heteroatoms. The third-order valence-electron chi connectivity index (χ3n) is 4.64. The van der Waals surface area contributed by atoms with Gasteiger partial charge in [0.15, 0.2) is 23.0 Å². The van der Waals surface area contributed by atoms with Crippen LogP contribution in [0.1, 0.15) is 15.9 Å². The van der Waals surface area contributed by atoms with Gasteiger partial charge in [0.05, 0.1) is 18.9 Å². The second-order valence-electron chi connectivity index (χ2n) is 6.91. The summed E-state index contributed by atoms with van der Waals surface area (Å²) in [6, 6.07) is 18.9. The lowest BCUT2D eigenvalue weighted by Crippen LogP contribution is -2.42. The summed E-state index contributed by atoms with van der Waals surface area (Å²) in [5.41, 5.74) is 3.46. The predicted molar refractivity (Wildman–Crippen MR) is 124 cm³/mol. The first kappa shape index (κ1) is 22.3. The molecule has 0 aliphatic carbocycles. The topological polar surface area (TPSA) is 95.5 Å². The van der Waals surface area contributed by atoms with E-state index in [4.69, 9.17) is 18.9 Å². The van der Waals surface area contributed by atoms with E-state index in [2.05, 4.69) is 26.5 Å². The molecule has 8 nitrogen and oxygen atoms in total. The molecule has 168 valence electrons. The SMILES string of the molecule is COc1cc(/C=N\NC(=O)[C@H]2COc3ccccc3O2)ccc1OC(=O)c1cccc(Br)c1.